The molecule has 2 aromatic heterocycles. The second-order valence-corrected chi connectivity index (χ2v) is 8.47. The number of methoxy groups -OCH3 is 1. The molecule has 0 saturated heterocycles. The monoisotopic (exact) mass is 443 g/mol. The molecule has 160 valence electrons. The van der Waals surface area contributed by atoms with Gasteiger partial charge in [0.05, 0.1) is 31.4 Å². The molecule has 10 heteroatoms. The SMILES string of the molecule is COc1ccc(-c2nnc(CN(Cc3ccco3)S(=O)(=O)c3ccc(F)cc3)o2)cc1. The predicted octanol–water partition coefficient (Wildman–Crippen LogP) is 3.87. The summed E-state index contributed by atoms with van der Waals surface area (Å²) in [6.07, 6.45) is 1.45. The molecule has 4 aromatic rings. The van der Waals surface area contributed by atoms with E-state index in [2.05, 4.69) is 10.2 Å². The molecule has 0 radical (unpaired) electrons. The Morgan fingerprint density at radius 2 is 1.74 bits per heavy atom. The van der Waals surface area contributed by atoms with Gasteiger partial charge in [-0.05, 0) is 60.7 Å². The Balaban J connectivity index is 1.62. The fourth-order valence-corrected chi connectivity index (χ4v) is 4.23. The maximum absolute atomic E-state index is 13.3. The molecule has 2 heterocycles. The van der Waals surface area contributed by atoms with Crippen molar-refractivity contribution in [3.63, 3.8) is 0 Å². The summed E-state index contributed by atoms with van der Waals surface area (Å²) in [5, 5.41) is 7.99. The second kappa shape index (κ2) is 8.70. The molecule has 0 aliphatic heterocycles. The van der Waals surface area contributed by atoms with E-state index in [-0.39, 0.29) is 29.8 Å². The van der Waals surface area contributed by atoms with Crippen molar-refractivity contribution < 1.29 is 26.4 Å². The van der Waals surface area contributed by atoms with Gasteiger partial charge in [0.1, 0.15) is 17.3 Å². The van der Waals surface area contributed by atoms with Crippen molar-refractivity contribution in [3.8, 4) is 17.2 Å². The molecule has 0 saturated carbocycles. The maximum atomic E-state index is 13.3. The third-order valence-corrected chi connectivity index (χ3v) is 6.29. The van der Waals surface area contributed by atoms with E-state index in [1.165, 1.54) is 18.4 Å². The van der Waals surface area contributed by atoms with Crippen LogP contribution in [0.5, 0.6) is 5.75 Å². The van der Waals surface area contributed by atoms with Crippen LogP contribution >= 0.6 is 0 Å². The van der Waals surface area contributed by atoms with Gasteiger partial charge in [-0.1, -0.05) is 0 Å². The number of rotatable bonds is 8. The van der Waals surface area contributed by atoms with Crippen LogP contribution in [0.15, 0.2) is 80.7 Å². The largest absolute Gasteiger partial charge is 0.497 e. The highest BCUT2D eigenvalue weighted by molar-refractivity contribution is 7.89. The highest BCUT2D eigenvalue weighted by Crippen LogP contribution is 2.24. The van der Waals surface area contributed by atoms with Gasteiger partial charge in [-0.15, -0.1) is 10.2 Å². The van der Waals surface area contributed by atoms with Crippen molar-refractivity contribution >= 4 is 10.0 Å². The zero-order valence-corrected chi connectivity index (χ0v) is 17.3. The normalized spacial score (nSPS) is 11.7. The first-order chi connectivity index (χ1) is 15.0. The van der Waals surface area contributed by atoms with E-state index in [0.717, 1.165) is 16.4 Å². The number of hydrogen-bond donors (Lipinski definition) is 0. The van der Waals surface area contributed by atoms with Gasteiger partial charge in [0.2, 0.25) is 21.8 Å². The fraction of sp³-hybridized carbons (Fsp3) is 0.143. The number of nitrogens with zero attached hydrogens (tertiary/aromatic N) is 3. The van der Waals surface area contributed by atoms with Gasteiger partial charge in [0.15, 0.2) is 0 Å². The number of sulfonamides is 1. The lowest BCUT2D eigenvalue weighted by Crippen LogP contribution is -2.30. The van der Waals surface area contributed by atoms with E-state index < -0.39 is 15.8 Å². The second-order valence-electron chi connectivity index (χ2n) is 6.54. The zero-order chi connectivity index (χ0) is 21.8. The number of ether oxygens (including phenoxy) is 1. The third kappa shape index (κ3) is 4.65. The minimum atomic E-state index is -3.99. The highest BCUT2D eigenvalue weighted by atomic mass is 32.2. The van der Waals surface area contributed by atoms with E-state index in [4.69, 9.17) is 13.6 Å². The summed E-state index contributed by atoms with van der Waals surface area (Å²) in [5.74, 6) is 0.925. The van der Waals surface area contributed by atoms with Gasteiger partial charge in [0, 0.05) is 5.56 Å². The van der Waals surface area contributed by atoms with Crippen molar-refractivity contribution in [2.75, 3.05) is 7.11 Å². The van der Waals surface area contributed by atoms with Crippen molar-refractivity contribution in [1.29, 1.82) is 0 Å². The van der Waals surface area contributed by atoms with Crippen molar-refractivity contribution in [2.45, 2.75) is 18.0 Å². The summed E-state index contributed by atoms with van der Waals surface area (Å²) in [6, 6.07) is 14.9. The Morgan fingerprint density at radius 1 is 1.00 bits per heavy atom. The molecule has 0 atom stereocenters. The topological polar surface area (TPSA) is 98.7 Å². The molecule has 2 aromatic carbocycles. The van der Waals surface area contributed by atoms with Crippen LogP contribution in [-0.4, -0.2) is 30.0 Å². The molecule has 0 aliphatic carbocycles. The minimum absolute atomic E-state index is 0.0599. The van der Waals surface area contributed by atoms with E-state index >= 15 is 0 Å². The highest BCUT2D eigenvalue weighted by Gasteiger charge is 2.28. The van der Waals surface area contributed by atoms with Crippen LogP contribution in [0.2, 0.25) is 0 Å². The third-order valence-electron chi connectivity index (χ3n) is 4.48. The number of benzene rings is 2. The van der Waals surface area contributed by atoms with Crippen LogP contribution < -0.4 is 4.74 Å². The molecule has 4 rings (SSSR count). The van der Waals surface area contributed by atoms with Crippen LogP contribution in [0.25, 0.3) is 11.5 Å². The van der Waals surface area contributed by atoms with Gasteiger partial charge < -0.3 is 13.6 Å². The Hall–Kier alpha value is -3.50. The molecular formula is C21H18FN3O5S. The first-order valence-corrected chi connectivity index (χ1v) is 10.6. The molecule has 0 N–H and O–H groups in total. The summed E-state index contributed by atoms with van der Waals surface area (Å²) in [4.78, 5) is -0.0599. The van der Waals surface area contributed by atoms with Crippen molar-refractivity contribution in [1.82, 2.24) is 14.5 Å². The summed E-state index contributed by atoms with van der Waals surface area (Å²) < 4.78 is 56.9. The lowest BCUT2D eigenvalue weighted by molar-refractivity contribution is 0.326. The average molecular weight is 443 g/mol. The molecular weight excluding hydrogens is 425 g/mol. The molecule has 0 amide bonds. The molecule has 31 heavy (non-hydrogen) atoms. The van der Waals surface area contributed by atoms with Gasteiger partial charge in [-0.3, -0.25) is 0 Å². The number of aromatic nitrogens is 2. The van der Waals surface area contributed by atoms with E-state index in [1.54, 1.807) is 43.5 Å². The summed E-state index contributed by atoms with van der Waals surface area (Å²) in [7, 11) is -2.43. The smallest absolute Gasteiger partial charge is 0.247 e. The van der Waals surface area contributed by atoms with Gasteiger partial charge in [-0.2, -0.15) is 4.31 Å². The number of furan rings is 1. The van der Waals surface area contributed by atoms with E-state index in [0.29, 0.717) is 17.1 Å². The zero-order valence-electron chi connectivity index (χ0n) is 16.4. The Labute approximate surface area is 177 Å². The Bertz CT molecular complexity index is 1240. The van der Waals surface area contributed by atoms with Crippen molar-refractivity contribution in [2.24, 2.45) is 0 Å². The number of halogens is 1. The lowest BCUT2D eigenvalue weighted by atomic mass is 10.2. The standard InChI is InChI=1S/C21H18FN3O5S/c1-28-17-8-4-15(5-9-17)21-24-23-20(30-21)14-25(13-18-3-2-12-29-18)31(26,27)19-10-6-16(22)7-11-19/h2-12H,13-14H2,1H3. The van der Waals surface area contributed by atoms with Gasteiger partial charge in [0.25, 0.3) is 0 Å². The molecule has 0 spiro atoms. The molecule has 0 unspecified atom stereocenters. The first-order valence-electron chi connectivity index (χ1n) is 9.20. The van der Waals surface area contributed by atoms with Crippen LogP contribution in [0.4, 0.5) is 4.39 Å². The summed E-state index contributed by atoms with van der Waals surface area (Å²) in [5.41, 5.74) is 0.665. The van der Waals surface area contributed by atoms with Crippen LogP contribution in [0, 0.1) is 5.82 Å². The molecule has 0 bridgehead atoms. The molecule has 8 nitrogen and oxygen atoms in total. The first kappa shape index (κ1) is 20.8. The van der Waals surface area contributed by atoms with Crippen LogP contribution in [-0.2, 0) is 23.1 Å². The van der Waals surface area contributed by atoms with Crippen LogP contribution in [0.3, 0.4) is 0 Å². The minimum Gasteiger partial charge on any atom is -0.497 e. The lowest BCUT2D eigenvalue weighted by Gasteiger charge is -2.19. The molecule has 0 fully saturated rings. The number of hydrogen-bond acceptors (Lipinski definition) is 7. The summed E-state index contributed by atoms with van der Waals surface area (Å²) >= 11 is 0. The Morgan fingerprint density at radius 3 is 2.39 bits per heavy atom. The van der Waals surface area contributed by atoms with Gasteiger partial charge >= 0.3 is 0 Å². The maximum Gasteiger partial charge on any atom is 0.247 e. The van der Waals surface area contributed by atoms with Gasteiger partial charge in [-0.25, -0.2) is 12.8 Å². The average Bonchev–Trinajstić information content (AvgIpc) is 3.46. The predicted molar refractivity (Wildman–Crippen MR) is 108 cm³/mol. The van der Waals surface area contributed by atoms with E-state index in [1.807, 2.05) is 0 Å². The fourth-order valence-electron chi connectivity index (χ4n) is 2.88. The van der Waals surface area contributed by atoms with Crippen LogP contribution in [0.1, 0.15) is 11.7 Å². The Kier molecular flexibility index (Phi) is 5.83. The molecule has 0 aliphatic rings. The van der Waals surface area contributed by atoms with Crippen molar-refractivity contribution in [3.05, 3.63) is 84.4 Å². The quantitative estimate of drug-likeness (QED) is 0.408. The summed E-state index contributed by atoms with van der Waals surface area (Å²) in [6.45, 7) is -0.253. The van der Waals surface area contributed by atoms with E-state index in [9.17, 15) is 12.8 Å².